The van der Waals surface area contributed by atoms with E-state index in [1.54, 1.807) is 0 Å². The molecule has 2 aromatic rings. The van der Waals surface area contributed by atoms with Crippen LogP contribution in [0.2, 0.25) is 0 Å². The van der Waals surface area contributed by atoms with Gasteiger partial charge in [0.05, 0.1) is 0 Å². The maximum atomic E-state index is 10.5. The summed E-state index contributed by atoms with van der Waals surface area (Å²) in [4.78, 5) is 18.9. The zero-order valence-electron chi connectivity index (χ0n) is 5.65. The normalized spacial score (nSPS) is 9.09. The quantitative estimate of drug-likeness (QED) is 0.564. The van der Waals surface area contributed by atoms with Gasteiger partial charge in [-0.05, 0) is 0 Å². The Morgan fingerprint density at radius 2 is 1.55 bits per heavy atom. The first-order valence-corrected chi connectivity index (χ1v) is 3.03. The topological polar surface area (TPSA) is 54.4 Å². The van der Waals surface area contributed by atoms with E-state index in [0.717, 1.165) is 10.8 Å². The second kappa shape index (κ2) is 2.96. The van der Waals surface area contributed by atoms with Gasteiger partial charge in [0.1, 0.15) is 0 Å². The molecular weight excluding hydrogens is 144 g/mol. The minimum Gasteiger partial charge on any atom is -0.483 e. The summed E-state index contributed by atoms with van der Waals surface area (Å²) in [6.07, 6.45) is 0. The van der Waals surface area contributed by atoms with E-state index in [2.05, 4.69) is 0 Å². The van der Waals surface area contributed by atoms with Crippen molar-refractivity contribution < 1.29 is 9.90 Å². The molecule has 0 fully saturated rings. The summed E-state index contributed by atoms with van der Waals surface area (Å²) in [5, 5.41) is 8.68. The lowest BCUT2D eigenvalue weighted by Crippen LogP contribution is -1.66. The molecule has 0 saturated carbocycles. The number of fused-ring (bicyclic) bond motifs is 1. The Morgan fingerprint density at radius 3 is 1.82 bits per heavy atom. The first-order valence-electron chi connectivity index (χ1n) is 3.03. The lowest BCUT2D eigenvalue weighted by Gasteiger charge is -1.66. The fraction of sp³-hybridized carbons (Fsp3) is 0. The van der Waals surface area contributed by atoms with Gasteiger partial charge in [-0.3, -0.25) is 9.59 Å². The Balaban J connectivity index is 0.000000179. The van der Waals surface area contributed by atoms with Gasteiger partial charge >= 0.3 is 0 Å². The van der Waals surface area contributed by atoms with Crippen LogP contribution < -0.4 is 5.43 Å². The molecule has 2 rings (SSSR count). The van der Waals surface area contributed by atoms with Crippen LogP contribution in [-0.2, 0) is 4.79 Å². The van der Waals surface area contributed by atoms with Crippen molar-refractivity contribution in [3.8, 4) is 0 Å². The predicted molar refractivity (Wildman–Crippen MR) is 41.3 cm³/mol. The molecule has 0 aliphatic rings. The van der Waals surface area contributed by atoms with Crippen molar-refractivity contribution in [1.82, 2.24) is 0 Å². The summed E-state index contributed by atoms with van der Waals surface area (Å²) in [5.74, 6) is 0. The highest BCUT2D eigenvalue weighted by atomic mass is 16.3. The third-order valence-corrected chi connectivity index (χ3v) is 1.35. The third kappa shape index (κ3) is 1.43. The molecule has 0 heterocycles. The Labute approximate surface area is 62.6 Å². The average Bonchev–Trinajstić information content (AvgIpc) is 2.66. The number of hydrogen-bond acceptors (Lipinski definition) is 2. The zero-order valence-corrected chi connectivity index (χ0v) is 5.65. The molecule has 0 aromatic heterocycles. The number of carbonyl (C=O) groups is 1. The Morgan fingerprint density at radius 1 is 1.18 bits per heavy atom. The van der Waals surface area contributed by atoms with Gasteiger partial charge in [0.2, 0.25) is 0 Å². The van der Waals surface area contributed by atoms with Crippen LogP contribution in [0.4, 0.5) is 0 Å². The SMILES string of the molecule is O=CO.O=c1c2ccccc12. The van der Waals surface area contributed by atoms with E-state index in [9.17, 15) is 4.79 Å². The van der Waals surface area contributed by atoms with E-state index in [1.807, 2.05) is 24.3 Å². The molecule has 3 heteroatoms. The van der Waals surface area contributed by atoms with Crippen LogP contribution >= 0.6 is 0 Å². The van der Waals surface area contributed by atoms with Crippen molar-refractivity contribution in [2.24, 2.45) is 0 Å². The van der Waals surface area contributed by atoms with E-state index in [1.165, 1.54) is 0 Å². The summed E-state index contributed by atoms with van der Waals surface area (Å²) >= 11 is 0. The molecule has 11 heavy (non-hydrogen) atoms. The Hall–Kier alpha value is -1.64. The van der Waals surface area contributed by atoms with Crippen LogP contribution in [0, 0.1) is 0 Å². The Bertz CT molecular complexity index is 338. The second-order valence-corrected chi connectivity index (χ2v) is 1.98. The number of rotatable bonds is 0. The third-order valence-electron chi connectivity index (χ3n) is 1.35. The largest absolute Gasteiger partial charge is 0.483 e. The van der Waals surface area contributed by atoms with Crippen LogP contribution in [0.1, 0.15) is 0 Å². The van der Waals surface area contributed by atoms with Crippen molar-refractivity contribution in [1.29, 1.82) is 0 Å². The van der Waals surface area contributed by atoms with Gasteiger partial charge in [0, 0.05) is 10.8 Å². The van der Waals surface area contributed by atoms with Crippen molar-refractivity contribution in [3.05, 3.63) is 34.5 Å². The molecule has 0 saturated heterocycles. The average molecular weight is 150 g/mol. The van der Waals surface area contributed by atoms with E-state index < -0.39 is 0 Å². The molecule has 0 radical (unpaired) electrons. The summed E-state index contributed by atoms with van der Waals surface area (Å²) in [7, 11) is 0. The lowest BCUT2D eigenvalue weighted by molar-refractivity contribution is -0.122. The van der Waals surface area contributed by atoms with E-state index in [-0.39, 0.29) is 11.9 Å². The summed E-state index contributed by atoms with van der Waals surface area (Å²) < 4.78 is 0. The molecule has 56 valence electrons. The highest BCUT2D eigenvalue weighted by molar-refractivity contribution is 5.96. The standard InChI is InChI=1S/C7H4O.CH2O2/c8-7-5-3-1-2-4-6(5)7;2-1-3/h1-4H;1H,(H,2,3). The second-order valence-electron chi connectivity index (χ2n) is 1.98. The van der Waals surface area contributed by atoms with Crippen LogP contribution in [0.15, 0.2) is 29.1 Å². The number of benzene rings is 1. The molecule has 0 unspecified atom stereocenters. The van der Waals surface area contributed by atoms with Crippen LogP contribution in [0.3, 0.4) is 0 Å². The van der Waals surface area contributed by atoms with Gasteiger partial charge in [0.15, 0.2) is 5.43 Å². The van der Waals surface area contributed by atoms with Crippen LogP contribution in [0.5, 0.6) is 0 Å². The predicted octanol–water partition coefficient (Wildman–Crippen LogP) is 0.776. The Kier molecular flexibility index (Phi) is 2.01. The van der Waals surface area contributed by atoms with Gasteiger partial charge in [-0.15, -0.1) is 0 Å². The minimum absolute atomic E-state index is 0.218. The van der Waals surface area contributed by atoms with Gasteiger partial charge < -0.3 is 5.11 Å². The van der Waals surface area contributed by atoms with Gasteiger partial charge in [-0.2, -0.15) is 0 Å². The maximum Gasteiger partial charge on any atom is 0.290 e. The maximum absolute atomic E-state index is 10.5. The molecule has 2 aromatic carbocycles. The van der Waals surface area contributed by atoms with Gasteiger partial charge in [-0.1, -0.05) is 24.3 Å². The van der Waals surface area contributed by atoms with Crippen molar-refractivity contribution in [2.45, 2.75) is 0 Å². The molecule has 3 nitrogen and oxygen atoms in total. The van der Waals surface area contributed by atoms with E-state index in [4.69, 9.17) is 9.90 Å². The van der Waals surface area contributed by atoms with Crippen molar-refractivity contribution in [2.75, 3.05) is 0 Å². The molecule has 0 spiro atoms. The fourth-order valence-corrected chi connectivity index (χ4v) is 0.833. The van der Waals surface area contributed by atoms with Crippen LogP contribution in [0.25, 0.3) is 10.8 Å². The minimum atomic E-state index is -0.250. The van der Waals surface area contributed by atoms with Crippen LogP contribution in [-0.4, -0.2) is 11.6 Å². The smallest absolute Gasteiger partial charge is 0.290 e. The molecule has 0 amide bonds. The first kappa shape index (κ1) is 7.47. The summed E-state index contributed by atoms with van der Waals surface area (Å²) in [5.41, 5.74) is 0.218. The fourth-order valence-electron chi connectivity index (χ4n) is 0.833. The van der Waals surface area contributed by atoms with Crippen molar-refractivity contribution >= 4 is 17.2 Å². The molecule has 0 atom stereocenters. The lowest BCUT2D eigenvalue weighted by atomic mass is 10.4. The molecule has 0 aliphatic carbocycles. The highest BCUT2D eigenvalue weighted by Crippen LogP contribution is 2.11. The highest BCUT2D eigenvalue weighted by Gasteiger charge is 2.07. The van der Waals surface area contributed by atoms with Gasteiger partial charge in [0.25, 0.3) is 6.47 Å². The number of hydrogen-bond donors (Lipinski definition) is 1. The van der Waals surface area contributed by atoms with E-state index >= 15 is 0 Å². The van der Waals surface area contributed by atoms with E-state index in [0.29, 0.717) is 0 Å². The molecule has 1 N–H and O–H groups in total. The molecule has 0 bridgehead atoms. The summed E-state index contributed by atoms with van der Waals surface area (Å²) in [6.45, 7) is -0.250. The van der Waals surface area contributed by atoms with Gasteiger partial charge in [-0.25, -0.2) is 0 Å². The zero-order chi connectivity index (χ0) is 8.27. The molecule has 0 aliphatic heterocycles. The molecular formula is C8H6O3. The number of carboxylic acid groups (broad SMARTS) is 1. The monoisotopic (exact) mass is 150 g/mol. The van der Waals surface area contributed by atoms with Crippen molar-refractivity contribution in [3.63, 3.8) is 0 Å². The summed E-state index contributed by atoms with van der Waals surface area (Å²) in [6, 6.07) is 7.45. The first-order chi connectivity index (χ1) is 5.31.